The van der Waals surface area contributed by atoms with Crippen LogP contribution >= 0.6 is 0 Å². The molecule has 1 atom stereocenters. The molecule has 0 fully saturated rings. The van der Waals surface area contributed by atoms with E-state index in [1.165, 1.54) is 6.26 Å². The van der Waals surface area contributed by atoms with E-state index in [2.05, 4.69) is 5.32 Å². The van der Waals surface area contributed by atoms with Gasteiger partial charge in [0.2, 0.25) is 5.91 Å². The molecule has 0 aliphatic carbocycles. The number of carbonyl (C=O) groups is 1. The zero-order valence-corrected chi connectivity index (χ0v) is 9.43. The first-order valence-corrected chi connectivity index (χ1v) is 6.64. The van der Waals surface area contributed by atoms with E-state index in [9.17, 15) is 13.2 Å². The third kappa shape index (κ3) is 6.85. The van der Waals surface area contributed by atoms with E-state index in [1.54, 1.807) is 0 Å². The summed E-state index contributed by atoms with van der Waals surface area (Å²) in [5.74, 6) is -0.129. The maximum atomic E-state index is 11.1. The highest BCUT2D eigenvalue weighted by Crippen LogP contribution is 1.89. The molecule has 0 aromatic heterocycles. The molecular formula is C8H18N2O3S. The van der Waals surface area contributed by atoms with Crippen molar-refractivity contribution in [3.63, 3.8) is 0 Å². The third-order valence-corrected chi connectivity index (χ3v) is 2.80. The Morgan fingerprint density at radius 3 is 2.50 bits per heavy atom. The molecule has 0 aliphatic rings. The van der Waals surface area contributed by atoms with Gasteiger partial charge in [0.15, 0.2) is 0 Å². The summed E-state index contributed by atoms with van der Waals surface area (Å²) in [4.78, 5) is 11.1. The second kappa shape index (κ2) is 5.98. The van der Waals surface area contributed by atoms with Crippen molar-refractivity contribution in [2.24, 2.45) is 5.73 Å². The van der Waals surface area contributed by atoms with Gasteiger partial charge in [-0.25, -0.2) is 8.42 Å². The SMILES string of the molecule is CC[C@@H](N)C(=O)NCCCS(C)(=O)=O. The lowest BCUT2D eigenvalue weighted by Gasteiger charge is -2.09. The summed E-state index contributed by atoms with van der Waals surface area (Å²) in [6.45, 7) is 2.18. The number of amides is 1. The quantitative estimate of drug-likeness (QED) is 0.580. The fourth-order valence-corrected chi connectivity index (χ4v) is 1.53. The summed E-state index contributed by atoms with van der Waals surface area (Å²) >= 11 is 0. The van der Waals surface area contributed by atoms with Gasteiger partial charge in [0.25, 0.3) is 0 Å². The molecule has 0 spiro atoms. The molecule has 5 nitrogen and oxygen atoms in total. The molecule has 0 saturated carbocycles. The molecule has 0 bridgehead atoms. The Bertz CT molecular complexity index is 274. The molecule has 0 rings (SSSR count). The predicted octanol–water partition coefficient (Wildman–Crippen LogP) is -0.725. The lowest BCUT2D eigenvalue weighted by atomic mass is 10.2. The van der Waals surface area contributed by atoms with E-state index >= 15 is 0 Å². The zero-order valence-electron chi connectivity index (χ0n) is 8.62. The van der Waals surface area contributed by atoms with Gasteiger partial charge in [-0.05, 0) is 12.8 Å². The summed E-state index contributed by atoms with van der Waals surface area (Å²) in [5.41, 5.74) is 5.45. The molecule has 14 heavy (non-hydrogen) atoms. The minimum Gasteiger partial charge on any atom is -0.355 e. The topological polar surface area (TPSA) is 89.3 Å². The average molecular weight is 222 g/mol. The van der Waals surface area contributed by atoms with E-state index in [-0.39, 0.29) is 11.7 Å². The van der Waals surface area contributed by atoms with Crippen LogP contribution < -0.4 is 11.1 Å². The van der Waals surface area contributed by atoms with Crippen LogP contribution in [-0.4, -0.2) is 38.9 Å². The zero-order chi connectivity index (χ0) is 11.2. The molecule has 0 radical (unpaired) electrons. The Labute approximate surface area is 85.0 Å². The number of hydrogen-bond acceptors (Lipinski definition) is 4. The number of sulfone groups is 1. The van der Waals surface area contributed by atoms with Crippen molar-refractivity contribution in [3.8, 4) is 0 Å². The molecule has 0 aromatic carbocycles. The number of rotatable bonds is 6. The summed E-state index contributed by atoms with van der Waals surface area (Å²) < 4.78 is 21.5. The van der Waals surface area contributed by atoms with Crippen LogP contribution in [0.25, 0.3) is 0 Å². The number of hydrogen-bond donors (Lipinski definition) is 2. The van der Waals surface area contributed by atoms with Gasteiger partial charge in [-0.1, -0.05) is 6.92 Å². The van der Waals surface area contributed by atoms with Crippen molar-refractivity contribution in [2.45, 2.75) is 25.8 Å². The van der Waals surface area contributed by atoms with Crippen LogP contribution in [0, 0.1) is 0 Å². The van der Waals surface area contributed by atoms with Gasteiger partial charge in [0.05, 0.1) is 11.8 Å². The minimum absolute atomic E-state index is 0.0919. The second-order valence-corrected chi connectivity index (χ2v) is 5.55. The smallest absolute Gasteiger partial charge is 0.236 e. The molecule has 0 heterocycles. The normalized spacial score (nSPS) is 13.6. The molecule has 0 saturated heterocycles. The fraction of sp³-hybridized carbons (Fsp3) is 0.875. The van der Waals surface area contributed by atoms with Crippen LogP contribution in [0.4, 0.5) is 0 Å². The highest BCUT2D eigenvalue weighted by atomic mass is 32.2. The fourth-order valence-electron chi connectivity index (χ4n) is 0.862. The summed E-state index contributed by atoms with van der Waals surface area (Å²) in [5, 5.41) is 2.58. The van der Waals surface area contributed by atoms with Crippen LogP contribution in [0.3, 0.4) is 0 Å². The number of carbonyl (C=O) groups excluding carboxylic acids is 1. The van der Waals surface area contributed by atoms with E-state index in [4.69, 9.17) is 5.73 Å². The molecule has 0 aliphatic heterocycles. The Kier molecular flexibility index (Phi) is 5.71. The van der Waals surface area contributed by atoms with Crippen molar-refractivity contribution < 1.29 is 13.2 Å². The van der Waals surface area contributed by atoms with Crippen molar-refractivity contribution in [3.05, 3.63) is 0 Å². The van der Waals surface area contributed by atoms with Gasteiger partial charge < -0.3 is 11.1 Å². The van der Waals surface area contributed by atoms with Crippen LogP contribution in [-0.2, 0) is 14.6 Å². The summed E-state index contributed by atoms with van der Waals surface area (Å²) in [7, 11) is -2.93. The second-order valence-electron chi connectivity index (χ2n) is 3.29. The first-order chi connectivity index (χ1) is 6.37. The van der Waals surface area contributed by atoms with E-state index in [1.807, 2.05) is 6.92 Å². The van der Waals surface area contributed by atoms with Crippen molar-refractivity contribution in [2.75, 3.05) is 18.6 Å². The van der Waals surface area contributed by atoms with Gasteiger partial charge in [-0.15, -0.1) is 0 Å². The van der Waals surface area contributed by atoms with Crippen molar-refractivity contribution >= 4 is 15.7 Å². The third-order valence-electron chi connectivity index (χ3n) is 1.77. The van der Waals surface area contributed by atoms with Crippen LogP contribution in [0.2, 0.25) is 0 Å². The van der Waals surface area contributed by atoms with Crippen LogP contribution in [0.1, 0.15) is 19.8 Å². The molecular weight excluding hydrogens is 204 g/mol. The first-order valence-electron chi connectivity index (χ1n) is 4.58. The van der Waals surface area contributed by atoms with Gasteiger partial charge >= 0.3 is 0 Å². The molecule has 1 amide bonds. The predicted molar refractivity (Wildman–Crippen MR) is 55.6 cm³/mol. The van der Waals surface area contributed by atoms with Gasteiger partial charge in [0, 0.05) is 12.8 Å². The Balaban J connectivity index is 3.61. The van der Waals surface area contributed by atoms with E-state index in [0.29, 0.717) is 19.4 Å². The molecule has 6 heteroatoms. The van der Waals surface area contributed by atoms with Crippen LogP contribution in [0.5, 0.6) is 0 Å². The van der Waals surface area contributed by atoms with Gasteiger partial charge in [0.1, 0.15) is 9.84 Å². The maximum Gasteiger partial charge on any atom is 0.236 e. The molecule has 0 aromatic rings. The number of nitrogens with one attached hydrogen (secondary N) is 1. The largest absolute Gasteiger partial charge is 0.355 e. The number of nitrogens with two attached hydrogens (primary N) is 1. The monoisotopic (exact) mass is 222 g/mol. The molecule has 84 valence electrons. The first kappa shape index (κ1) is 13.4. The Morgan fingerprint density at radius 1 is 1.50 bits per heavy atom. The lowest BCUT2D eigenvalue weighted by molar-refractivity contribution is -0.122. The summed E-state index contributed by atoms with van der Waals surface area (Å²) in [6.07, 6.45) is 2.19. The van der Waals surface area contributed by atoms with E-state index < -0.39 is 15.9 Å². The standard InChI is InChI=1S/C8H18N2O3S/c1-3-7(9)8(11)10-5-4-6-14(2,12)13/h7H,3-6,9H2,1-2H3,(H,10,11)/t7-/m1/s1. The Hall–Kier alpha value is -0.620. The minimum atomic E-state index is -2.93. The van der Waals surface area contributed by atoms with Crippen molar-refractivity contribution in [1.29, 1.82) is 0 Å². The average Bonchev–Trinajstić information content (AvgIpc) is 2.09. The van der Waals surface area contributed by atoms with Crippen molar-refractivity contribution in [1.82, 2.24) is 5.32 Å². The highest BCUT2D eigenvalue weighted by molar-refractivity contribution is 7.90. The lowest BCUT2D eigenvalue weighted by Crippen LogP contribution is -2.40. The van der Waals surface area contributed by atoms with Crippen LogP contribution in [0.15, 0.2) is 0 Å². The van der Waals surface area contributed by atoms with Gasteiger partial charge in [-0.2, -0.15) is 0 Å². The summed E-state index contributed by atoms with van der Waals surface area (Å²) in [6, 6.07) is -0.492. The van der Waals surface area contributed by atoms with E-state index in [0.717, 1.165) is 0 Å². The molecule has 3 N–H and O–H groups in total. The highest BCUT2D eigenvalue weighted by Gasteiger charge is 2.09. The Morgan fingerprint density at radius 2 is 2.07 bits per heavy atom. The maximum absolute atomic E-state index is 11.1. The van der Waals surface area contributed by atoms with Gasteiger partial charge in [-0.3, -0.25) is 4.79 Å². The molecule has 0 unspecified atom stereocenters.